The number of nitrogens with one attached hydrogen (secondary N) is 6. The molecule has 1 heterocycles. The summed E-state index contributed by atoms with van der Waals surface area (Å²) < 4.78 is 0.566. The van der Waals surface area contributed by atoms with E-state index < -0.39 is 42.0 Å². The molecule has 0 spiro atoms. The third-order valence-electron chi connectivity index (χ3n) is 7.84. The Labute approximate surface area is 290 Å². The molecule has 1 aromatic heterocycles. The Morgan fingerprint density at radius 2 is 1.39 bits per heavy atom. The van der Waals surface area contributed by atoms with Crippen LogP contribution in [0.4, 0.5) is 0 Å². The first kappa shape index (κ1) is 40.7. The van der Waals surface area contributed by atoms with Gasteiger partial charge in [0.2, 0.25) is 23.6 Å². The zero-order valence-corrected chi connectivity index (χ0v) is 29.9. The Morgan fingerprint density at radius 3 is 1.96 bits per heavy atom. The van der Waals surface area contributed by atoms with Crippen molar-refractivity contribution in [3.05, 3.63) is 71.2 Å². The van der Waals surface area contributed by atoms with Gasteiger partial charge in [0.15, 0.2) is 12.4 Å². The maximum atomic E-state index is 13.8. The van der Waals surface area contributed by atoms with Gasteiger partial charge in [0, 0.05) is 31.3 Å². The van der Waals surface area contributed by atoms with E-state index in [1.807, 2.05) is 71.9 Å². The largest absolute Gasteiger partial charge is 0.619 e. The number of likely N-dealkylation sites (N-methyl/N-ethyl adjacent to an activating group) is 1. The molecule has 270 valence electrons. The number of carbonyl (C=O) groups is 5. The highest BCUT2D eigenvalue weighted by Crippen LogP contribution is 2.21. The fraction of sp³-hybridized carbons (Fsp3) is 0.556. The molecule has 6 N–H and O–H groups in total. The van der Waals surface area contributed by atoms with Crippen molar-refractivity contribution in [3.8, 4) is 0 Å². The van der Waals surface area contributed by atoms with Crippen LogP contribution in [0.3, 0.4) is 0 Å². The Hall–Kier alpha value is -4.52. The van der Waals surface area contributed by atoms with Gasteiger partial charge in [-0.05, 0) is 50.5 Å². The number of hydrogen-bond donors (Lipinski definition) is 6. The van der Waals surface area contributed by atoms with Crippen molar-refractivity contribution < 1.29 is 28.7 Å². The number of nitrogens with zero attached hydrogens (tertiary/aromatic N) is 1. The predicted molar refractivity (Wildman–Crippen MR) is 188 cm³/mol. The van der Waals surface area contributed by atoms with Crippen LogP contribution in [0, 0.1) is 10.6 Å². The quantitative estimate of drug-likeness (QED) is 0.0966. The van der Waals surface area contributed by atoms with Crippen molar-refractivity contribution in [1.82, 2.24) is 31.9 Å². The van der Waals surface area contributed by atoms with Crippen LogP contribution >= 0.6 is 0 Å². The lowest BCUT2D eigenvalue weighted by molar-refractivity contribution is -0.605. The van der Waals surface area contributed by atoms with Crippen molar-refractivity contribution in [2.45, 2.75) is 111 Å². The van der Waals surface area contributed by atoms with E-state index in [0.29, 0.717) is 43.4 Å². The second-order valence-electron chi connectivity index (χ2n) is 13.5. The average Bonchev–Trinajstić information content (AvgIpc) is 3.05. The summed E-state index contributed by atoms with van der Waals surface area (Å²) in [6.45, 7) is 13.8. The van der Waals surface area contributed by atoms with Gasteiger partial charge in [-0.2, -0.15) is 4.73 Å². The Bertz CT molecular complexity index is 1360. The van der Waals surface area contributed by atoms with Crippen LogP contribution in [0.25, 0.3) is 0 Å². The predicted octanol–water partition coefficient (Wildman–Crippen LogP) is 1.88. The van der Waals surface area contributed by atoms with Crippen molar-refractivity contribution in [2.24, 2.45) is 5.41 Å². The third-order valence-corrected chi connectivity index (χ3v) is 7.84. The lowest BCUT2D eigenvalue weighted by atomic mass is 9.87. The van der Waals surface area contributed by atoms with E-state index in [1.54, 1.807) is 6.92 Å². The summed E-state index contributed by atoms with van der Waals surface area (Å²) in [5, 5.41) is 28.8. The molecule has 49 heavy (non-hydrogen) atoms. The summed E-state index contributed by atoms with van der Waals surface area (Å²) in [5.74, 6) is -1.97. The van der Waals surface area contributed by atoms with Crippen LogP contribution in [0.5, 0.6) is 0 Å². The minimum atomic E-state index is -0.938. The second kappa shape index (κ2) is 20.1. The maximum absolute atomic E-state index is 13.8. The highest BCUT2D eigenvalue weighted by atomic mass is 16.5. The summed E-state index contributed by atoms with van der Waals surface area (Å²) in [6.07, 6.45) is 4.58. The topological polar surface area (TPSA) is 184 Å². The van der Waals surface area contributed by atoms with Gasteiger partial charge in [-0.15, -0.1) is 0 Å². The van der Waals surface area contributed by atoms with Crippen LogP contribution in [0.1, 0.15) is 90.1 Å². The van der Waals surface area contributed by atoms with Crippen molar-refractivity contribution in [2.75, 3.05) is 13.1 Å². The van der Waals surface area contributed by atoms with Crippen LogP contribution in [0.2, 0.25) is 0 Å². The van der Waals surface area contributed by atoms with Crippen LogP contribution in [0.15, 0.2) is 54.9 Å². The van der Waals surface area contributed by atoms with Gasteiger partial charge >= 0.3 is 0 Å². The summed E-state index contributed by atoms with van der Waals surface area (Å²) in [7, 11) is 0. The van der Waals surface area contributed by atoms with E-state index in [0.717, 1.165) is 5.56 Å². The van der Waals surface area contributed by atoms with Crippen molar-refractivity contribution >= 4 is 29.5 Å². The zero-order chi connectivity index (χ0) is 36.6. The Kier molecular flexibility index (Phi) is 16.7. The summed E-state index contributed by atoms with van der Waals surface area (Å²) in [5.41, 5.74) is 0.871. The SMILES string of the molecule is CCC[C@H](NC(=O)[C@H](CC(C)(C)C)NC(=O)c1cc[n+]([O-])cc1)C(=O)N[C@H](CN[C@@H](C)C(=O)N[C@@H](CC)C(=O)NCC)Cc1ccccc1. The fourth-order valence-electron chi connectivity index (χ4n) is 5.19. The van der Waals surface area contributed by atoms with Gasteiger partial charge < -0.3 is 37.1 Å². The second-order valence-corrected chi connectivity index (χ2v) is 13.5. The first-order chi connectivity index (χ1) is 23.2. The van der Waals surface area contributed by atoms with E-state index >= 15 is 0 Å². The number of amides is 5. The first-order valence-corrected chi connectivity index (χ1v) is 17.1. The molecule has 0 aliphatic heterocycles. The molecule has 0 saturated heterocycles. The molecule has 5 amide bonds. The molecular formula is C36H55N7O6. The Morgan fingerprint density at radius 1 is 0.776 bits per heavy atom. The molecule has 13 nitrogen and oxygen atoms in total. The molecule has 2 aromatic rings. The highest BCUT2D eigenvalue weighted by Gasteiger charge is 2.31. The lowest BCUT2D eigenvalue weighted by Gasteiger charge is -2.29. The molecule has 0 aliphatic rings. The van der Waals surface area contributed by atoms with Crippen LogP contribution in [-0.4, -0.2) is 72.8 Å². The minimum Gasteiger partial charge on any atom is -0.619 e. The first-order valence-electron chi connectivity index (χ1n) is 17.1. The zero-order valence-electron chi connectivity index (χ0n) is 29.9. The highest BCUT2D eigenvalue weighted by molar-refractivity contribution is 5.98. The molecule has 1 aromatic carbocycles. The molecule has 13 heteroatoms. The van der Waals surface area contributed by atoms with E-state index in [4.69, 9.17) is 0 Å². The normalized spacial score (nSPS) is 14.3. The molecule has 0 saturated carbocycles. The van der Waals surface area contributed by atoms with Gasteiger partial charge in [-0.1, -0.05) is 71.4 Å². The smallest absolute Gasteiger partial charge is 0.252 e. The Balaban J connectivity index is 2.19. The molecule has 2 rings (SSSR count). The summed E-state index contributed by atoms with van der Waals surface area (Å²) >= 11 is 0. The van der Waals surface area contributed by atoms with Gasteiger partial charge in [0.25, 0.3) is 5.91 Å². The number of aromatic nitrogens is 1. The standard InChI is InChI=1S/C36H55N7O6/c1-8-14-29(41-35(48)30(22-36(5,6)7)42-32(45)26-17-19-43(49)20-18-26)34(47)39-27(21-25-15-12-11-13-16-25)23-38-24(4)31(44)40-28(9-2)33(46)37-10-3/h11-13,15-20,24,27-30,38H,8-10,14,21-23H2,1-7H3,(H,37,46)(H,39,47)(H,40,44)(H,41,48)(H,42,45)/t24-,27-,28-,29-,30-/m0/s1. The molecule has 5 atom stereocenters. The van der Waals surface area contributed by atoms with E-state index in [9.17, 15) is 29.2 Å². The van der Waals surface area contributed by atoms with Crippen molar-refractivity contribution in [3.63, 3.8) is 0 Å². The van der Waals surface area contributed by atoms with Crippen LogP contribution in [-0.2, 0) is 25.6 Å². The number of rotatable bonds is 19. The third kappa shape index (κ3) is 14.6. The van der Waals surface area contributed by atoms with E-state index in [-0.39, 0.29) is 35.2 Å². The van der Waals surface area contributed by atoms with Gasteiger partial charge in [0.1, 0.15) is 18.1 Å². The lowest BCUT2D eigenvalue weighted by Crippen LogP contribution is -2.57. The minimum absolute atomic E-state index is 0.232. The molecule has 0 bridgehead atoms. The molecule has 0 fully saturated rings. The monoisotopic (exact) mass is 681 g/mol. The summed E-state index contributed by atoms with van der Waals surface area (Å²) in [4.78, 5) is 65.6. The average molecular weight is 682 g/mol. The molecule has 0 radical (unpaired) electrons. The maximum Gasteiger partial charge on any atom is 0.252 e. The fourth-order valence-corrected chi connectivity index (χ4v) is 5.19. The van der Waals surface area contributed by atoms with E-state index in [2.05, 4.69) is 31.9 Å². The summed E-state index contributed by atoms with van der Waals surface area (Å²) in [6, 6.07) is 8.77. The number of hydrogen-bond acceptors (Lipinski definition) is 7. The van der Waals surface area contributed by atoms with Crippen LogP contribution < -0.4 is 36.6 Å². The van der Waals surface area contributed by atoms with Crippen molar-refractivity contribution in [1.29, 1.82) is 0 Å². The van der Waals surface area contributed by atoms with Gasteiger partial charge in [-0.3, -0.25) is 24.0 Å². The van der Waals surface area contributed by atoms with Gasteiger partial charge in [0.05, 0.1) is 11.6 Å². The molecule has 0 unspecified atom stereocenters. The van der Waals surface area contributed by atoms with E-state index in [1.165, 1.54) is 24.5 Å². The molecule has 0 aliphatic carbocycles. The molecular weight excluding hydrogens is 626 g/mol. The number of pyridine rings is 1. The van der Waals surface area contributed by atoms with Gasteiger partial charge in [-0.25, -0.2) is 0 Å². The number of benzene rings is 1. The number of carbonyl (C=O) groups excluding carboxylic acids is 5.